The minimum absolute atomic E-state index is 0.0446. The molecule has 0 aliphatic heterocycles. The first kappa shape index (κ1) is 9.75. The largest absolute Gasteiger partial charge is 0.315 e. The Bertz CT molecular complexity index is 292. The highest BCUT2D eigenvalue weighted by molar-refractivity contribution is 9.09. The van der Waals surface area contributed by atoms with Gasteiger partial charge in [0.1, 0.15) is 0 Å². The SMILES string of the molecule is Cc1cc(C)c(C(N)Br)cc1C. The Kier molecular flexibility index (Phi) is 2.91. The first-order valence-corrected chi connectivity index (χ1v) is 4.91. The molecule has 66 valence electrons. The van der Waals surface area contributed by atoms with E-state index in [0.717, 1.165) is 0 Å². The van der Waals surface area contributed by atoms with E-state index in [1.807, 2.05) is 0 Å². The van der Waals surface area contributed by atoms with Crippen LogP contribution in [-0.2, 0) is 0 Å². The molecule has 0 spiro atoms. The van der Waals surface area contributed by atoms with Crippen molar-refractivity contribution in [2.45, 2.75) is 25.7 Å². The normalized spacial score (nSPS) is 13.1. The summed E-state index contributed by atoms with van der Waals surface area (Å²) in [7, 11) is 0. The number of hydrogen-bond acceptors (Lipinski definition) is 1. The van der Waals surface area contributed by atoms with Crippen molar-refractivity contribution in [2.75, 3.05) is 0 Å². The van der Waals surface area contributed by atoms with Crippen molar-refractivity contribution in [2.24, 2.45) is 5.73 Å². The van der Waals surface area contributed by atoms with Crippen molar-refractivity contribution in [3.63, 3.8) is 0 Å². The molecule has 1 nitrogen and oxygen atoms in total. The molecule has 1 atom stereocenters. The van der Waals surface area contributed by atoms with Gasteiger partial charge in [-0.25, -0.2) is 0 Å². The maximum atomic E-state index is 5.75. The van der Waals surface area contributed by atoms with E-state index in [9.17, 15) is 0 Å². The molecule has 0 bridgehead atoms. The Morgan fingerprint density at radius 3 is 2.08 bits per heavy atom. The van der Waals surface area contributed by atoms with E-state index in [0.29, 0.717) is 0 Å². The van der Waals surface area contributed by atoms with Gasteiger partial charge in [0.25, 0.3) is 0 Å². The van der Waals surface area contributed by atoms with Gasteiger partial charge >= 0.3 is 0 Å². The highest BCUT2D eigenvalue weighted by Gasteiger charge is 2.06. The number of benzene rings is 1. The highest BCUT2D eigenvalue weighted by Crippen LogP contribution is 2.23. The van der Waals surface area contributed by atoms with Gasteiger partial charge in [0, 0.05) is 0 Å². The van der Waals surface area contributed by atoms with Crippen LogP contribution in [0.15, 0.2) is 12.1 Å². The van der Waals surface area contributed by atoms with Gasteiger partial charge in [-0.1, -0.05) is 28.1 Å². The lowest BCUT2D eigenvalue weighted by molar-refractivity contribution is 1.03. The second-order valence-corrected chi connectivity index (χ2v) is 4.18. The third-order valence-corrected chi connectivity index (χ3v) is 2.67. The number of aryl methyl sites for hydroxylation is 3. The summed E-state index contributed by atoms with van der Waals surface area (Å²) in [5.41, 5.74) is 10.8. The van der Waals surface area contributed by atoms with E-state index in [-0.39, 0.29) is 4.95 Å². The molecule has 1 aromatic rings. The molecule has 0 radical (unpaired) electrons. The maximum Gasteiger partial charge on any atom is 0.0864 e. The summed E-state index contributed by atoms with van der Waals surface area (Å²) in [6.07, 6.45) is 0. The van der Waals surface area contributed by atoms with Gasteiger partial charge < -0.3 is 5.73 Å². The minimum atomic E-state index is -0.0446. The fourth-order valence-electron chi connectivity index (χ4n) is 1.28. The summed E-state index contributed by atoms with van der Waals surface area (Å²) in [5, 5.41) is 0. The Hall–Kier alpha value is -0.340. The smallest absolute Gasteiger partial charge is 0.0864 e. The van der Waals surface area contributed by atoms with E-state index in [4.69, 9.17) is 5.73 Å². The number of halogens is 1. The Morgan fingerprint density at radius 2 is 1.58 bits per heavy atom. The third-order valence-electron chi connectivity index (χ3n) is 2.18. The van der Waals surface area contributed by atoms with Crippen LogP contribution in [0, 0.1) is 20.8 Å². The molecule has 1 rings (SSSR count). The van der Waals surface area contributed by atoms with Crippen LogP contribution in [0.4, 0.5) is 0 Å². The molecule has 0 aliphatic carbocycles. The lowest BCUT2D eigenvalue weighted by atomic mass is 10.0. The zero-order valence-electron chi connectivity index (χ0n) is 7.69. The molecule has 0 fully saturated rings. The van der Waals surface area contributed by atoms with Crippen molar-refractivity contribution in [3.8, 4) is 0 Å². The van der Waals surface area contributed by atoms with Gasteiger partial charge in [0.2, 0.25) is 0 Å². The van der Waals surface area contributed by atoms with Gasteiger partial charge in [0.15, 0.2) is 0 Å². The van der Waals surface area contributed by atoms with Crippen LogP contribution in [0.5, 0.6) is 0 Å². The first-order chi connectivity index (χ1) is 5.52. The molecule has 0 saturated heterocycles. The van der Waals surface area contributed by atoms with Crippen LogP contribution in [0.25, 0.3) is 0 Å². The van der Waals surface area contributed by atoms with Gasteiger partial charge in [-0.3, -0.25) is 0 Å². The molecular weight excluding hydrogens is 214 g/mol. The summed E-state index contributed by atoms with van der Waals surface area (Å²) in [6.45, 7) is 6.31. The van der Waals surface area contributed by atoms with Crippen molar-refractivity contribution >= 4 is 15.9 Å². The zero-order chi connectivity index (χ0) is 9.30. The van der Waals surface area contributed by atoms with Crippen molar-refractivity contribution in [1.82, 2.24) is 0 Å². The zero-order valence-corrected chi connectivity index (χ0v) is 9.27. The second kappa shape index (κ2) is 3.58. The number of alkyl halides is 1. The van der Waals surface area contributed by atoms with Gasteiger partial charge in [0.05, 0.1) is 4.95 Å². The topological polar surface area (TPSA) is 26.0 Å². The number of hydrogen-bond donors (Lipinski definition) is 1. The summed E-state index contributed by atoms with van der Waals surface area (Å²) < 4.78 is 0. The van der Waals surface area contributed by atoms with Crippen molar-refractivity contribution in [3.05, 3.63) is 34.4 Å². The molecule has 12 heavy (non-hydrogen) atoms. The summed E-state index contributed by atoms with van der Waals surface area (Å²) in [6, 6.07) is 4.32. The predicted molar refractivity (Wildman–Crippen MR) is 56.5 cm³/mol. The molecule has 1 aromatic carbocycles. The maximum absolute atomic E-state index is 5.75. The number of rotatable bonds is 1. The molecule has 2 N–H and O–H groups in total. The summed E-state index contributed by atoms with van der Waals surface area (Å²) in [5.74, 6) is 0. The molecular formula is C10H14BrN. The minimum Gasteiger partial charge on any atom is -0.315 e. The Balaban J connectivity index is 3.23. The quantitative estimate of drug-likeness (QED) is 0.580. The Labute approximate surface area is 82.1 Å². The predicted octanol–water partition coefficient (Wildman–Crippen LogP) is 2.96. The fourth-order valence-corrected chi connectivity index (χ4v) is 1.77. The van der Waals surface area contributed by atoms with Crippen molar-refractivity contribution in [1.29, 1.82) is 0 Å². The molecule has 0 aliphatic rings. The van der Waals surface area contributed by atoms with Gasteiger partial charge in [-0.15, -0.1) is 0 Å². The van der Waals surface area contributed by atoms with E-state index >= 15 is 0 Å². The third kappa shape index (κ3) is 1.87. The van der Waals surface area contributed by atoms with Crippen LogP contribution >= 0.6 is 15.9 Å². The van der Waals surface area contributed by atoms with Crippen LogP contribution in [0.2, 0.25) is 0 Å². The average Bonchev–Trinajstić information content (AvgIpc) is 1.96. The van der Waals surface area contributed by atoms with Crippen LogP contribution < -0.4 is 5.73 Å². The van der Waals surface area contributed by atoms with Crippen LogP contribution in [0.1, 0.15) is 27.2 Å². The van der Waals surface area contributed by atoms with E-state index in [2.05, 4.69) is 48.8 Å². The number of nitrogens with two attached hydrogens (primary N) is 1. The summed E-state index contributed by atoms with van der Waals surface area (Å²) in [4.78, 5) is -0.0446. The second-order valence-electron chi connectivity index (χ2n) is 3.19. The molecule has 0 aromatic heterocycles. The van der Waals surface area contributed by atoms with Crippen LogP contribution in [-0.4, -0.2) is 0 Å². The Morgan fingerprint density at radius 1 is 1.08 bits per heavy atom. The first-order valence-electron chi connectivity index (χ1n) is 3.99. The van der Waals surface area contributed by atoms with Crippen molar-refractivity contribution < 1.29 is 0 Å². The van der Waals surface area contributed by atoms with E-state index < -0.39 is 0 Å². The van der Waals surface area contributed by atoms with E-state index in [1.54, 1.807) is 0 Å². The molecule has 0 saturated carbocycles. The van der Waals surface area contributed by atoms with E-state index in [1.165, 1.54) is 22.3 Å². The fraction of sp³-hybridized carbons (Fsp3) is 0.400. The average molecular weight is 228 g/mol. The molecule has 0 heterocycles. The molecule has 0 amide bonds. The standard InChI is InChI=1S/C10H14BrN/c1-6-4-8(3)9(10(11)12)5-7(6)2/h4-5,10H,12H2,1-3H3. The monoisotopic (exact) mass is 227 g/mol. The van der Waals surface area contributed by atoms with Crippen LogP contribution in [0.3, 0.4) is 0 Å². The van der Waals surface area contributed by atoms with Gasteiger partial charge in [-0.2, -0.15) is 0 Å². The highest BCUT2D eigenvalue weighted by atomic mass is 79.9. The lowest BCUT2D eigenvalue weighted by Crippen LogP contribution is -2.04. The van der Waals surface area contributed by atoms with Gasteiger partial charge in [-0.05, 0) is 43.0 Å². The lowest BCUT2D eigenvalue weighted by Gasteiger charge is -2.11. The molecule has 1 unspecified atom stereocenters. The molecule has 2 heteroatoms. The summed E-state index contributed by atoms with van der Waals surface area (Å²) >= 11 is 3.37.